The molecule has 0 aromatic carbocycles. The molecule has 0 fully saturated rings. The van der Waals surface area contributed by atoms with Crippen molar-refractivity contribution in [2.45, 2.75) is 31.6 Å². The normalized spacial score (nSPS) is 15.6. The van der Waals surface area contributed by atoms with E-state index in [2.05, 4.69) is 0 Å². The van der Waals surface area contributed by atoms with Crippen LogP contribution in [0.3, 0.4) is 0 Å². The molecule has 0 atom stereocenters. The SMILES string of the molecule is CC(C(C(F)(F)F)C(F)(F)F)C(C(F)(F)F)C(F)(F)F. The van der Waals surface area contributed by atoms with E-state index in [9.17, 15) is 52.7 Å². The second-order valence-electron chi connectivity index (χ2n) is 3.98. The van der Waals surface area contributed by atoms with E-state index in [1.165, 1.54) is 0 Å². The van der Waals surface area contributed by atoms with Gasteiger partial charge >= 0.3 is 24.7 Å². The third-order valence-electron chi connectivity index (χ3n) is 2.46. The molecular formula is C8H6F12. The van der Waals surface area contributed by atoms with Gasteiger partial charge in [0.2, 0.25) is 0 Å². The van der Waals surface area contributed by atoms with Gasteiger partial charge in [-0.15, -0.1) is 0 Å². The molecule has 0 saturated heterocycles. The summed E-state index contributed by atoms with van der Waals surface area (Å²) in [6.45, 7) is -0.378. The molecular weight excluding hydrogens is 324 g/mol. The van der Waals surface area contributed by atoms with Gasteiger partial charge in [-0.3, -0.25) is 0 Å². The van der Waals surface area contributed by atoms with Gasteiger partial charge in [-0.1, -0.05) is 6.92 Å². The van der Waals surface area contributed by atoms with Crippen molar-refractivity contribution in [3.05, 3.63) is 0 Å². The number of alkyl halides is 12. The number of hydrogen-bond acceptors (Lipinski definition) is 0. The maximum atomic E-state index is 12.1. The van der Waals surface area contributed by atoms with Gasteiger partial charge in [0.25, 0.3) is 0 Å². The molecule has 0 nitrogen and oxygen atoms in total. The Hall–Kier alpha value is -0.840. The van der Waals surface area contributed by atoms with E-state index >= 15 is 0 Å². The zero-order valence-corrected chi connectivity index (χ0v) is 9.27. The topological polar surface area (TPSA) is 0 Å². The van der Waals surface area contributed by atoms with E-state index in [1.807, 2.05) is 0 Å². The summed E-state index contributed by atoms with van der Waals surface area (Å²) in [5, 5.41) is 0. The molecule has 12 heteroatoms. The van der Waals surface area contributed by atoms with Crippen LogP contribution in [0.4, 0.5) is 52.7 Å². The maximum Gasteiger partial charge on any atom is 0.400 e. The first-order chi connectivity index (χ1) is 8.40. The second-order valence-corrected chi connectivity index (χ2v) is 3.98. The fourth-order valence-electron chi connectivity index (χ4n) is 1.76. The summed E-state index contributed by atoms with van der Waals surface area (Å²) in [6, 6.07) is 0. The molecule has 0 radical (unpaired) electrons. The van der Waals surface area contributed by atoms with Gasteiger partial charge in [0.1, 0.15) is 0 Å². The van der Waals surface area contributed by atoms with Crippen molar-refractivity contribution in [1.29, 1.82) is 0 Å². The number of rotatable bonds is 2. The van der Waals surface area contributed by atoms with Crippen LogP contribution in [0.2, 0.25) is 0 Å². The molecule has 0 bridgehead atoms. The predicted molar refractivity (Wildman–Crippen MR) is 40.4 cm³/mol. The first kappa shape index (κ1) is 19.2. The molecule has 0 aliphatic rings. The van der Waals surface area contributed by atoms with Gasteiger partial charge < -0.3 is 0 Å². The van der Waals surface area contributed by atoms with E-state index in [1.54, 1.807) is 0 Å². The van der Waals surface area contributed by atoms with Crippen LogP contribution < -0.4 is 0 Å². The fraction of sp³-hybridized carbons (Fsp3) is 1.00. The lowest BCUT2D eigenvalue weighted by atomic mass is 9.81. The van der Waals surface area contributed by atoms with Crippen molar-refractivity contribution in [3.8, 4) is 0 Å². The molecule has 0 saturated carbocycles. The Morgan fingerprint density at radius 3 is 0.700 bits per heavy atom. The molecule has 122 valence electrons. The van der Waals surface area contributed by atoms with Crippen molar-refractivity contribution in [1.82, 2.24) is 0 Å². The third kappa shape index (κ3) is 4.62. The second kappa shape index (κ2) is 5.17. The van der Waals surface area contributed by atoms with E-state index in [4.69, 9.17) is 0 Å². The van der Waals surface area contributed by atoms with E-state index in [-0.39, 0.29) is 6.92 Å². The first-order valence-electron chi connectivity index (χ1n) is 4.67. The summed E-state index contributed by atoms with van der Waals surface area (Å²) in [5.41, 5.74) is 0. The molecule has 0 aliphatic heterocycles. The van der Waals surface area contributed by atoms with Gasteiger partial charge in [0, 0.05) is 0 Å². The smallest absolute Gasteiger partial charge is 0.170 e. The summed E-state index contributed by atoms with van der Waals surface area (Å²) in [7, 11) is 0. The fourth-order valence-corrected chi connectivity index (χ4v) is 1.76. The van der Waals surface area contributed by atoms with Crippen LogP contribution >= 0.6 is 0 Å². The minimum absolute atomic E-state index is 0.378. The van der Waals surface area contributed by atoms with E-state index in [0.717, 1.165) is 0 Å². The van der Waals surface area contributed by atoms with E-state index in [0.29, 0.717) is 0 Å². The average molecular weight is 330 g/mol. The molecule has 0 amide bonds. The van der Waals surface area contributed by atoms with Crippen LogP contribution in [0.1, 0.15) is 6.92 Å². The summed E-state index contributed by atoms with van der Waals surface area (Å²) in [4.78, 5) is 0. The Labute approximate surface area is 103 Å². The number of hydrogen-bond donors (Lipinski definition) is 0. The summed E-state index contributed by atoms with van der Waals surface area (Å²) in [6.07, 6.45) is -25.1. The van der Waals surface area contributed by atoms with Crippen LogP contribution in [0.5, 0.6) is 0 Å². The average Bonchev–Trinajstić information content (AvgIpc) is 1.88. The molecule has 0 heterocycles. The van der Waals surface area contributed by atoms with Crippen LogP contribution in [0.25, 0.3) is 0 Å². The lowest BCUT2D eigenvalue weighted by Gasteiger charge is -2.35. The Morgan fingerprint density at radius 1 is 0.450 bits per heavy atom. The third-order valence-corrected chi connectivity index (χ3v) is 2.46. The van der Waals surface area contributed by atoms with Crippen LogP contribution in [0, 0.1) is 17.8 Å². The largest absolute Gasteiger partial charge is 0.400 e. The van der Waals surface area contributed by atoms with E-state index < -0.39 is 42.5 Å². The molecule has 20 heavy (non-hydrogen) atoms. The minimum Gasteiger partial charge on any atom is -0.170 e. The zero-order chi connectivity index (χ0) is 16.7. The van der Waals surface area contributed by atoms with Gasteiger partial charge in [0.15, 0.2) is 11.8 Å². The minimum atomic E-state index is -6.29. The lowest BCUT2D eigenvalue weighted by molar-refractivity contribution is -0.345. The summed E-state index contributed by atoms with van der Waals surface area (Å²) in [5.74, 6) is -13.3. The highest BCUT2D eigenvalue weighted by atomic mass is 19.4. The van der Waals surface area contributed by atoms with Crippen molar-refractivity contribution < 1.29 is 52.7 Å². The lowest BCUT2D eigenvalue weighted by Crippen LogP contribution is -2.50. The van der Waals surface area contributed by atoms with Gasteiger partial charge in [-0.2, -0.15) is 52.7 Å². The standard InChI is InChI=1S/C8H6F12/c1-2(3(5(9,10)11)6(12,13)14)4(7(15,16)17)8(18,19)20/h2-4H,1H3. The number of halogens is 12. The molecule has 0 aromatic heterocycles. The molecule has 0 rings (SSSR count). The molecule has 0 N–H and O–H groups in total. The maximum absolute atomic E-state index is 12.1. The summed E-state index contributed by atoms with van der Waals surface area (Å²) >= 11 is 0. The highest BCUT2D eigenvalue weighted by Crippen LogP contribution is 2.53. The van der Waals surface area contributed by atoms with Crippen LogP contribution in [-0.2, 0) is 0 Å². The quantitative estimate of drug-likeness (QED) is 0.618. The molecule has 0 spiro atoms. The van der Waals surface area contributed by atoms with Gasteiger partial charge in [0.05, 0.1) is 0 Å². The van der Waals surface area contributed by atoms with Crippen molar-refractivity contribution >= 4 is 0 Å². The van der Waals surface area contributed by atoms with Crippen LogP contribution in [-0.4, -0.2) is 24.7 Å². The summed E-state index contributed by atoms with van der Waals surface area (Å²) < 4.78 is 146. The van der Waals surface area contributed by atoms with Crippen molar-refractivity contribution in [3.63, 3.8) is 0 Å². The zero-order valence-electron chi connectivity index (χ0n) is 9.27. The first-order valence-corrected chi connectivity index (χ1v) is 4.67. The van der Waals surface area contributed by atoms with Crippen molar-refractivity contribution in [2.24, 2.45) is 17.8 Å². The highest BCUT2D eigenvalue weighted by molar-refractivity contribution is 4.90. The van der Waals surface area contributed by atoms with Gasteiger partial charge in [-0.05, 0) is 5.92 Å². The van der Waals surface area contributed by atoms with Crippen molar-refractivity contribution in [2.75, 3.05) is 0 Å². The Balaban J connectivity index is 5.81. The molecule has 0 aromatic rings. The highest BCUT2D eigenvalue weighted by Gasteiger charge is 2.68. The molecule has 0 unspecified atom stereocenters. The Bertz CT molecular complexity index is 254. The van der Waals surface area contributed by atoms with Gasteiger partial charge in [-0.25, -0.2) is 0 Å². The Kier molecular flexibility index (Phi) is 4.95. The molecule has 0 aliphatic carbocycles. The Morgan fingerprint density at radius 2 is 0.600 bits per heavy atom. The van der Waals surface area contributed by atoms with Crippen LogP contribution in [0.15, 0.2) is 0 Å². The predicted octanol–water partition coefficient (Wildman–Crippen LogP) is 5.10. The monoisotopic (exact) mass is 330 g/mol.